The van der Waals surface area contributed by atoms with Crippen LogP contribution in [0, 0.1) is 0 Å². The second kappa shape index (κ2) is 10.6. The first kappa shape index (κ1) is 22.4. The predicted octanol–water partition coefficient (Wildman–Crippen LogP) is 8.02. The molecule has 3 aromatic carbocycles. The van der Waals surface area contributed by atoms with Crippen LogP contribution in [0.4, 0.5) is 5.69 Å². The third kappa shape index (κ3) is 6.31. The minimum atomic E-state index is 0.516. The molecule has 8 heteroatoms. The molecule has 0 aliphatic heterocycles. The number of thiol groups is 1. The van der Waals surface area contributed by atoms with Crippen LogP contribution in [0.5, 0.6) is 5.75 Å². The first-order valence-corrected chi connectivity index (χ1v) is 10.3. The number of nitrogens with two attached hydrogens (primary N) is 1. The highest BCUT2D eigenvalue weighted by Gasteiger charge is 2.10. The minimum absolute atomic E-state index is 0.516. The average Bonchev–Trinajstić information content (AvgIpc) is 2.65. The molecular formula is C19H15Cl4NOS2. The third-order valence-corrected chi connectivity index (χ3v) is 6.63. The summed E-state index contributed by atoms with van der Waals surface area (Å²) < 4.78 is 5.29. The monoisotopic (exact) mass is 477 g/mol. The van der Waals surface area contributed by atoms with E-state index in [4.69, 9.17) is 56.9 Å². The summed E-state index contributed by atoms with van der Waals surface area (Å²) in [6, 6.07) is 16.3. The van der Waals surface area contributed by atoms with Gasteiger partial charge in [-0.1, -0.05) is 70.3 Å². The highest BCUT2D eigenvalue weighted by Crippen LogP contribution is 2.41. The van der Waals surface area contributed by atoms with E-state index in [0.29, 0.717) is 30.7 Å². The van der Waals surface area contributed by atoms with Gasteiger partial charge < -0.3 is 10.5 Å². The first-order chi connectivity index (χ1) is 12.8. The zero-order valence-corrected chi connectivity index (χ0v) is 18.8. The van der Waals surface area contributed by atoms with Gasteiger partial charge in [-0.15, -0.1) is 12.6 Å². The van der Waals surface area contributed by atoms with Crippen molar-refractivity contribution >= 4 is 76.5 Å². The van der Waals surface area contributed by atoms with E-state index in [1.54, 1.807) is 37.4 Å². The van der Waals surface area contributed by atoms with Crippen LogP contribution in [-0.4, -0.2) is 7.11 Å². The Hall–Kier alpha value is -0.880. The van der Waals surface area contributed by atoms with Crippen molar-refractivity contribution in [1.29, 1.82) is 0 Å². The van der Waals surface area contributed by atoms with E-state index in [0.717, 1.165) is 15.5 Å². The van der Waals surface area contributed by atoms with Gasteiger partial charge in [0.25, 0.3) is 0 Å². The van der Waals surface area contributed by atoms with Crippen LogP contribution in [-0.2, 0) is 0 Å². The van der Waals surface area contributed by atoms with Gasteiger partial charge in [0.1, 0.15) is 5.75 Å². The maximum absolute atomic E-state index is 6.15. The van der Waals surface area contributed by atoms with Crippen molar-refractivity contribution in [2.45, 2.75) is 14.7 Å². The molecule has 0 aromatic heterocycles. The summed E-state index contributed by atoms with van der Waals surface area (Å²) >= 11 is 29.0. The number of benzene rings is 3. The van der Waals surface area contributed by atoms with Gasteiger partial charge in [0.05, 0.1) is 32.1 Å². The molecule has 0 fully saturated rings. The molecule has 0 aliphatic carbocycles. The Morgan fingerprint density at radius 1 is 0.852 bits per heavy atom. The number of halogens is 4. The smallest absolute Gasteiger partial charge is 0.134 e. The quantitative estimate of drug-likeness (QED) is 0.295. The summed E-state index contributed by atoms with van der Waals surface area (Å²) in [5.41, 5.74) is 6.37. The SMILES string of the molecule is COc1cc(N)ccc1Sc1cccc(Cl)c1Cl.Sc1cccc(Cl)c1Cl. The zero-order valence-electron chi connectivity index (χ0n) is 14.0. The number of nitrogen functional groups attached to an aromatic ring is 1. The van der Waals surface area contributed by atoms with Crippen LogP contribution in [0.2, 0.25) is 20.1 Å². The zero-order chi connectivity index (χ0) is 20.0. The normalized spacial score (nSPS) is 10.1. The number of anilines is 1. The van der Waals surface area contributed by atoms with Gasteiger partial charge in [-0.2, -0.15) is 0 Å². The van der Waals surface area contributed by atoms with Crippen LogP contribution >= 0.6 is 70.8 Å². The maximum Gasteiger partial charge on any atom is 0.134 e. The van der Waals surface area contributed by atoms with Crippen molar-refractivity contribution in [3.63, 3.8) is 0 Å². The van der Waals surface area contributed by atoms with Crippen molar-refractivity contribution in [1.82, 2.24) is 0 Å². The largest absolute Gasteiger partial charge is 0.495 e. The van der Waals surface area contributed by atoms with Gasteiger partial charge in [0.2, 0.25) is 0 Å². The van der Waals surface area contributed by atoms with Gasteiger partial charge in [0, 0.05) is 21.5 Å². The standard InChI is InChI=1S/C13H11Cl2NOS.C6H4Cl2S/c1-17-10-7-8(16)5-6-11(10)18-12-4-2-3-9(14)13(12)15;7-4-2-1-3-5(9)6(4)8/h2-7H,16H2,1H3;1-3,9H. The maximum atomic E-state index is 6.15. The van der Waals surface area contributed by atoms with E-state index in [-0.39, 0.29) is 0 Å². The molecule has 2 N–H and O–H groups in total. The molecule has 0 aliphatic rings. The number of ether oxygens (including phenoxy) is 1. The summed E-state index contributed by atoms with van der Waals surface area (Å²) in [4.78, 5) is 2.53. The highest BCUT2D eigenvalue weighted by molar-refractivity contribution is 7.99. The molecule has 27 heavy (non-hydrogen) atoms. The minimum Gasteiger partial charge on any atom is -0.495 e. The molecule has 0 saturated heterocycles. The Morgan fingerprint density at radius 2 is 1.48 bits per heavy atom. The van der Waals surface area contributed by atoms with Crippen LogP contribution < -0.4 is 10.5 Å². The fourth-order valence-corrected chi connectivity index (χ4v) is 3.95. The molecule has 0 saturated carbocycles. The molecule has 0 amide bonds. The molecule has 142 valence electrons. The van der Waals surface area contributed by atoms with Crippen molar-refractivity contribution < 1.29 is 4.74 Å². The lowest BCUT2D eigenvalue weighted by Crippen LogP contribution is -1.90. The van der Waals surface area contributed by atoms with Crippen molar-refractivity contribution in [3.8, 4) is 5.75 Å². The number of methoxy groups -OCH3 is 1. The molecule has 0 heterocycles. The first-order valence-electron chi connectivity index (χ1n) is 7.51. The molecule has 0 atom stereocenters. The molecule has 2 nitrogen and oxygen atoms in total. The summed E-state index contributed by atoms with van der Waals surface area (Å²) in [7, 11) is 1.61. The van der Waals surface area contributed by atoms with E-state index in [2.05, 4.69) is 12.6 Å². The summed E-state index contributed by atoms with van der Waals surface area (Å²) in [6.45, 7) is 0. The Balaban J connectivity index is 0.000000244. The lowest BCUT2D eigenvalue weighted by molar-refractivity contribution is 0.405. The van der Waals surface area contributed by atoms with E-state index >= 15 is 0 Å². The average molecular weight is 479 g/mol. The molecule has 0 unspecified atom stereocenters. The Kier molecular flexibility index (Phi) is 8.80. The lowest BCUT2D eigenvalue weighted by Gasteiger charge is -2.10. The van der Waals surface area contributed by atoms with Crippen molar-refractivity contribution in [2.24, 2.45) is 0 Å². The highest BCUT2D eigenvalue weighted by atomic mass is 35.5. The van der Waals surface area contributed by atoms with E-state index in [9.17, 15) is 0 Å². The summed E-state index contributed by atoms with van der Waals surface area (Å²) in [5, 5.41) is 2.14. The van der Waals surface area contributed by atoms with Gasteiger partial charge in [-0.05, 0) is 36.4 Å². The Morgan fingerprint density at radius 3 is 2.07 bits per heavy atom. The van der Waals surface area contributed by atoms with E-state index in [1.165, 1.54) is 11.8 Å². The fraction of sp³-hybridized carbons (Fsp3) is 0.0526. The van der Waals surface area contributed by atoms with Crippen LogP contribution in [0.3, 0.4) is 0 Å². The molecule has 3 aromatic rings. The summed E-state index contributed by atoms with van der Waals surface area (Å²) in [5.74, 6) is 0.719. The van der Waals surface area contributed by atoms with E-state index < -0.39 is 0 Å². The molecule has 0 radical (unpaired) electrons. The van der Waals surface area contributed by atoms with Gasteiger partial charge in [-0.3, -0.25) is 0 Å². The van der Waals surface area contributed by atoms with Crippen molar-refractivity contribution in [3.05, 3.63) is 74.7 Å². The topological polar surface area (TPSA) is 35.2 Å². The lowest BCUT2D eigenvalue weighted by atomic mass is 10.3. The van der Waals surface area contributed by atoms with Crippen molar-refractivity contribution in [2.75, 3.05) is 12.8 Å². The summed E-state index contributed by atoms with van der Waals surface area (Å²) in [6.07, 6.45) is 0. The Bertz CT molecular complexity index is 917. The molecule has 3 rings (SSSR count). The van der Waals surface area contributed by atoms with Gasteiger partial charge >= 0.3 is 0 Å². The van der Waals surface area contributed by atoms with Crippen LogP contribution in [0.15, 0.2) is 69.3 Å². The van der Waals surface area contributed by atoms with Crippen LogP contribution in [0.1, 0.15) is 0 Å². The molecule has 0 bridgehead atoms. The number of hydrogen-bond donors (Lipinski definition) is 2. The number of rotatable bonds is 3. The Labute approximate surface area is 188 Å². The third-order valence-electron chi connectivity index (χ3n) is 3.25. The van der Waals surface area contributed by atoms with Crippen LogP contribution in [0.25, 0.3) is 0 Å². The fourth-order valence-electron chi connectivity index (χ4n) is 1.94. The number of hydrogen-bond acceptors (Lipinski definition) is 4. The molecule has 0 spiro atoms. The molecular weight excluding hydrogens is 464 g/mol. The predicted molar refractivity (Wildman–Crippen MR) is 122 cm³/mol. The van der Waals surface area contributed by atoms with E-state index in [1.807, 2.05) is 24.3 Å². The van der Waals surface area contributed by atoms with Gasteiger partial charge in [-0.25, -0.2) is 0 Å². The second-order valence-corrected chi connectivity index (χ2v) is 8.27. The second-order valence-electron chi connectivity index (χ2n) is 5.14. The van der Waals surface area contributed by atoms with Gasteiger partial charge in [0.15, 0.2) is 0 Å².